The zero-order chi connectivity index (χ0) is 13.1. The Kier molecular flexibility index (Phi) is 3.64. The van der Waals surface area contributed by atoms with Gasteiger partial charge in [0, 0.05) is 6.04 Å². The minimum atomic E-state index is -0.559. The molecule has 0 spiro atoms. The van der Waals surface area contributed by atoms with E-state index in [0.717, 1.165) is 12.8 Å². The van der Waals surface area contributed by atoms with E-state index >= 15 is 0 Å². The average Bonchev–Trinajstić information content (AvgIpc) is 3.07. The Bertz CT molecular complexity index is 463. The molecular weight excluding hydrogens is 236 g/mol. The maximum Gasteiger partial charge on any atom is 0.344 e. The van der Waals surface area contributed by atoms with Crippen LogP contribution in [0.2, 0.25) is 0 Å². The molecule has 1 aromatic rings. The van der Waals surface area contributed by atoms with Crippen LogP contribution in [0.15, 0.2) is 4.52 Å². The van der Waals surface area contributed by atoms with Gasteiger partial charge in [-0.1, -0.05) is 12.1 Å². The molecule has 98 valence electrons. The van der Waals surface area contributed by atoms with Crippen molar-refractivity contribution in [2.45, 2.75) is 39.2 Å². The molecule has 1 amide bonds. The van der Waals surface area contributed by atoms with Crippen LogP contribution in [0.3, 0.4) is 0 Å². The molecule has 1 saturated carbocycles. The van der Waals surface area contributed by atoms with Crippen LogP contribution in [0.25, 0.3) is 0 Å². The van der Waals surface area contributed by atoms with Crippen molar-refractivity contribution in [1.29, 1.82) is 0 Å². The number of nitrogens with zero attached hydrogens (tertiary/aromatic N) is 1. The predicted octanol–water partition coefficient (Wildman–Crippen LogP) is 0.981. The summed E-state index contributed by atoms with van der Waals surface area (Å²) in [6, 6.07) is 0.264. The fourth-order valence-electron chi connectivity index (χ4n) is 1.62. The van der Waals surface area contributed by atoms with Gasteiger partial charge in [-0.3, -0.25) is 4.79 Å². The Morgan fingerprint density at radius 3 is 2.83 bits per heavy atom. The van der Waals surface area contributed by atoms with Gasteiger partial charge < -0.3 is 14.6 Å². The van der Waals surface area contributed by atoms with Crippen molar-refractivity contribution >= 4 is 11.9 Å². The van der Waals surface area contributed by atoms with E-state index < -0.39 is 5.97 Å². The molecule has 1 aliphatic carbocycles. The second-order valence-corrected chi connectivity index (χ2v) is 4.33. The van der Waals surface area contributed by atoms with Crippen molar-refractivity contribution in [2.75, 3.05) is 6.61 Å². The van der Waals surface area contributed by atoms with Crippen molar-refractivity contribution in [3.63, 3.8) is 0 Å². The molecule has 0 aromatic carbocycles. The molecule has 1 fully saturated rings. The molecule has 1 N–H and O–H groups in total. The Labute approximate surface area is 105 Å². The Morgan fingerprint density at radius 1 is 1.50 bits per heavy atom. The summed E-state index contributed by atoms with van der Waals surface area (Å²) in [7, 11) is 0. The molecule has 1 heterocycles. The van der Waals surface area contributed by atoms with Gasteiger partial charge in [-0.15, -0.1) is 0 Å². The van der Waals surface area contributed by atoms with Crippen LogP contribution < -0.4 is 5.32 Å². The number of hydrogen-bond donors (Lipinski definition) is 1. The van der Waals surface area contributed by atoms with E-state index in [4.69, 9.17) is 9.26 Å². The lowest BCUT2D eigenvalue weighted by Gasteiger charge is -2.05. The minimum absolute atomic E-state index is 0.261. The fraction of sp³-hybridized carbons (Fsp3) is 0.583. The number of esters is 1. The van der Waals surface area contributed by atoms with Gasteiger partial charge in [0.05, 0.1) is 5.69 Å². The topological polar surface area (TPSA) is 81.4 Å². The smallest absolute Gasteiger partial charge is 0.344 e. The van der Waals surface area contributed by atoms with Crippen molar-refractivity contribution < 1.29 is 18.8 Å². The number of amides is 1. The monoisotopic (exact) mass is 252 g/mol. The van der Waals surface area contributed by atoms with Gasteiger partial charge in [-0.05, 0) is 26.2 Å². The summed E-state index contributed by atoms with van der Waals surface area (Å²) >= 11 is 0. The standard InChI is InChI=1S/C12H16N2O4/c1-3-9-11(7(2)18-14-9)12(16)17-6-10(15)13-8-4-5-8/h8H,3-6H2,1-2H3,(H,13,15). The molecule has 0 atom stereocenters. The van der Waals surface area contributed by atoms with Gasteiger partial charge in [0.15, 0.2) is 6.61 Å². The number of ether oxygens (including phenoxy) is 1. The van der Waals surface area contributed by atoms with Gasteiger partial charge in [0.2, 0.25) is 0 Å². The Balaban J connectivity index is 1.90. The maximum absolute atomic E-state index is 11.8. The molecule has 1 aromatic heterocycles. The molecule has 0 bridgehead atoms. The van der Waals surface area contributed by atoms with Crippen molar-refractivity contribution in [1.82, 2.24) is 10.5 Å². The van der Waals surface area contributed by atoms with Crippen LogP contribution in [0.1, 0.15) is 41.6 Å². The second kappa shape index (κ2) is 5.20. The lowest BCUT2D eigenvalue weighted by Crippen LogP contribution is -2.30. The zero-order valence-electron chi connectivity index (χ0n) is 10.5. The van der Waals surface area contributed by atoms with Crippen LogP contribution >= 0.6 is 0 Å². The van der Waals surface area contributed by atoms with Crippen LogP contribution in [-0.2, 0) is 16.0 Å². The van der Waals surface area contributed by atoms with Gasteiger partial charge in [-0.2, -0.15) is 0 Å². The number of carbonyl (C=O) groups excluding carboxylic acids is 2. The molecule has 1 aliphatic rings. The average molecular weight is 252 g/mol. The first-order valence-corrected chi connectivity index (χ1v) is 6.03. The van der Waals surface area contributed by atoms with E-state index in [2.05, 4.69) is 10.5 Å². The summed E-state index contributed by atoms with van der Waals surface area (Å²) in [6.07, 6.45) is 2.59. The quantitative estimate of drug-likeness (QED) is 0.790. The Morgan fingerprint density at radius 2 is 2.22 bits per heavy atom. The van der Waals surface area contributed by atoms with Gasteiger partial charge in [0.1, 0.15) is 11.3 Å². The third kappa shape index (κ3) is 2.88. The number of aromatic nitrogens is 1. The highest BCUT2D eigenvalue weighted by molar-refractivity contribution is 5.93. The third-order valence-electron chi connectivity index (χ3n) is 2.75. The molecule has 18 heavy (non-hydrogen) atoms. The number of nitrogens with one attached hydrogen (secondary N) is 1. The third-order valence-corrected chi connectivity index (χ3v) is 2.75. The normalized spacial score (nSPS) is 14.3. The summed E-state index contributed by atoms with van der Waals surface area (Å²) in [4.78, 5) is 23.2. The van der Waals surface area contributed by atoms with Gasteiger partial charge >= 0.3 is 5.97 Å². The first kappa shape index (κ1) is 12.6. The van der Waals surface area contributed by atoms with E-state index in [1.165, 1.54) is 0 Å². The predicted molar refractivity (Wildman–Crippen MR) is 62.1 cm³/mol. The summed E-state index contributed by atoms with van der Waals surface area (Å²) < 4.78 is 9.89. The molecule has 6 heteroatoms. The first-order valence-electron chi connectivity index (χ1n) is 6.03. The first-order chi connectivity index (χ1) is 8.61. The van der Waals surface area contributed by atoms with Crippen LogP contribution in [0.5, 0.6) is 0 Å². The second-order valence-electron chi connectivity index (χ2n) is 4.33. The lowest BCUT2D eigenvalue weighted by molar-refractivity contribution is -0.124. The highest BCUT2D eigenvalue weighted by Crippen LogP contribution is 2.18. The lowest BCUT2D eigenvalue weighted by atomic mass is 10.1. The number of rotatable bonds is 5. The molecule has 6 nitrogen and oxygen atoms in total. The minimum Gasteiger partial charge on any atom is -0.452 e. The van der Waals surface area contributed by atoms with Gasteiger partial charge in [0.25, 0.3) is 5.91 Å². The van der Waals surface area contributed by atoms with E-state index in [0.29, 0.717) is 23.4 Å². The van der Waals surface area contributed by atoms with Crippen LogP contribution in [0, 0.1) is 6.92 Å². The Hall–Kier alpha value is -1.85. The number of carbonyl (C=O) groups is 2. The highest BCUT2D eigenvalue weighted by atomic mass is 16.5. The summed E-state index contributed by atoms with van der Waals surface area (Å²) in [5, 5.41) is 6.51. The van der Waals surface area contributed by atoms with Crippen molar-refractivity contribution in [3.8, 4) is 0 Å². The fourth-order valence-corrected chi connectivity index (χ4v) is 1.62. The highest BCUT2D eigenvalue weighted by Gasteiger charge is 2.25. The molecule has 2 rings (SSSR count). The summed E-state index contributed by atoms with van der Waals surface area (Å²) in [5.74, 6) is -0.408. The number of hydrogen-bond acceptors (Lipinski definition) is 5. The van der Waals surface area contributed by atoms with E-state index in [9.17, 15) is 9.59 Å². The molecule has 0 aliphatic heterocycles. The van der Waals surface area contributed by atoms with Gasteiger partial charge in [-0.25, -0.2) is 4.79 Å². The SMILES string of the molecule is CCc1noc(C)c1C(=O)OCC(=O)NC1CC1. The largest absolute Gasteiger partial charge is 0.452 e. The zero-order valence-corrected chi connectivity index (χ0v) is 10.5. The maximum atomic E-state index is 11.8. The number of aryl methyl sites for hydroxylation is 2. The molecule has 0 radical (unpaired) electrons. The summed E-state index contributed by atoms with van der Waals surface area (Å²) in [5.41, 5.74) is 0.886. The molecule has 0 unspecified atom stereocenters. The summed E-state index contributed by atoms with van der Waals surface area (Å²) in [6.45, 7) is 3.25. The van der Waals surface area contributed by atoms with Crippen molar-refractivity contribution in [2.24, 2.45) is 0 Å². The molecular formula is C12H16N2O4. The van der Waals surface area contributed by atoms with Crippen molar-refractivity contribution in [3.05, 3.63) is 17.0 Å². The van der Waals surface area contributed by atoms with E-state index in [-0.39, 0.29) is 18.6 Å². The van der Waals surface area contributed by atoms with E-state index in [1.54, 1.807) is 6.92 Å². The van der Waals surface area contributed by atoms with Crippen LogP contribution in [0.4, 0.5) is 0 Å². The van der Waals surface area contributed by atoms with E-state index in [1.807, 2.05) is 6.92 Å². The molecule has 0 saturated heterocycles. The van der Waals surface area contributed by atoms with Crippen LogP contribution in [-0.4, -0.2) is 29.7 Å².